The number of allylic oxidation sites excluding steroid dienone is 1. The van der Waals surface area contributed by atoms with E-state index in [2.05, 4.69) is 10.6 Å². The van der Waals surface area contributed by atoms with Crippen molar-refractivity contribution in [2.45, 2.75) is 33.5 Å². The van der Waals surface area contributed by atoms with E-state index in [0.717, 1.165) is 6.42 Å². The first-order valence-corrected chi connectivity index (χ1v) is 5.67. The molecule has 0 aliphatic heterocycles. The van der Waals surface area contributed by atoms with Crippen molar-refractivity contribution in [3.63, 3.8) is 0 Å². The molecule has 0 fully saturated rings. The largest absolute Gasteiger partial charge is 0.351 e. The summed E-state index contributed by atoms with van der Waals surface area (Å²) in [6.45, 7) is 7.23. The van der Waals surface area contributed by atoms with Crippen LogP contribution in [-0.4, -0.2) is 32.1 Å². The molecule has 0 saturated carbocycles. The van der Waals surface area contributed by atoms with Crippen LogP contribution in [0, 0.1) is 0 Å². The van der Waals surface area contributed by atoms with E-state index < -0.39 is 0 Å². The molecule has 0 atom stereocenters. The van der Waals surface area contributed by atoms with Crippen molar-refractivity contribution in [3.8, 4) is 0 Å². The maximum absolute atomic E-state index is 11.2. The van der Waals surface area contributed by atoms with Gasteiger partial charge < -0.3 is 20.1 Å². The smallest absolute Gasteiger partial charge is 0.318 e. The Bertz CT molecular complexity index is 201. The van der Waals surface area contributed by atoms with Crippen molar-refractivity contribution in [2.24, 2.45) is 0 Å². The van der Waals surface area contributed by atoms with Crippen molar-refractivity contribution >= 4 is 6.03 Å². The van der Waals surface area contributed by atoms with E-state index >= 15 is 0 Å². The highest BCUT2D eigenvalue weighted by molar-refractivity contribution is 5.74. The number of urea groups is 1. The van der Waals surface area contributed by atoms with Crippen molar-refractivity contribution in [1.29, 1.82) is 0 Å². The third kappa shape index (κ3) is 8.26. The fourth-order valence-electron chi connectivity index (χ4n) is 1.02. The zero-order valence-electron chi connectivity index (χ0n) is 10.3. The molecule has 0 rings (SSSR count). The van der Waals surface area contributed by atoms with Gasteiger partial charge in [0.2, 0.25) is 0 Å². The van der Waals surface area contributed by atoms with E-state index in [1.54, 1.807) is 6.20 Å². The van der Waals surface area contributed by atoms with Gasteiger partial charge in [-0.05, 0) is 20.3 Å². The van der Waals surface area contributed by atoms with Gasteiger partial charge in [-0.3, -0.25) is 0 Å². The number of hydrogen-bond acceptors (Lipinski definition) is 3. The molecule has 0 spiro atoms. The lowest BCUT2D eigenvalue weighted by atomic mass is 10.5. The minimum atomic E-state index is -0.379. The van der Waals surface area contributed by atoms with E-state index in [1.165, 1.54) is 0 Å². The second kappa shape index (κ2) is 10.4. The van der Waals surface area contributed by atoms with Gasteiger partial charge in [0.05, 0.1) is 6.54 Å². The van der Waals surface area contributed by atoms with Gasteiger partial charge in [-0.2, -0.15) is 0 Å². The molecule has 0 aromatic carbocycles. The maximum Gasteiger partial charge on any atom is 0.318 e. The van der Waals surface area contributed by atoms with Gasteiger partial charge in [0, 0.05) is 19.4 Å². The van der Waals surface area contributed by atoms with Gasteiger partial charge >= 0.3 is 6.03 Å². The highest BCUT2D eigenvalue weighted by Crippen LogP contribution is 1.92. The summed E-state index contributed by atoms with van der Waals surface area (Å²) in [4.78, 5) is 11.2. The highest BCUT2D eigenvalue weighted by atomic mass is 16.7. The second-order valence-electron chi connectivity index (χ2n) is 3.01. The molecular weight excluding hydrogens is 208 g/mol. The van der Waals surface area contributed by atoms with Crippen molar-refractivity contribution in [3.05, 3.63) is 12.3 Å². The van der Waals surface area contributed by atoms with Crippen molar-refractivity contribution < 1.29 is 14.3 Å². The van der Waals surface area contributed by atoms with E-state index in [-0.39, 0.29) is 12.3 Å². The SMILES string of the molecule is CC/C=C/NC(=O)NCC(OCC)OCC. The first-order valence-electron chi connectivity index (χ1n) is 5.67. The van der Waals surface area contributed by atoms with Crippen LogP contribution in [0.3, 0.4) is 0 Å². The molecule has 0 radical (unpaired) electrons. The molecule has 2 N–H and O–H groups in total. The molecule has 0 aromatic rings. The minimum absolute atomic E-state index is 0.255. The number of ether oxygens (including phenoxy) is 2. The van der Waals surface area contributed by atoms with Crippen LogP contribution in [0.2, 0.25) is 0 Å². The summed E-state index contributed by atoms with van der Waals surface area (Å²) in [5, 5.41) is 5.24. The first kappa shape index (κ1) is 14.9. The number of nitrogens with one attached hydrogen (secondary N) is 2. The summed E-state index contributed by atoms with van der Waals surface area (Å²) in [5.41, 5.74) is 0. The van der Waals surface area contributed by atoms with Crippen LogP contribution in [-0.2, 0) is 9.47 Å². The molecule has 0 unspecified atom stereocenters. The average Bonchev–Trinajstić information content (AvgIpc) is 2.27. The summed E-state index contributed by atoms with van der Waals surface area (Å²) in [7, 11) is 0. The standard InChI is InChI=1S/C11H22N2O3/c1-4-7-8-12-11(14)13-9-10(15-5-2)16-6-3/h7-8,10H,4-6,9H2,1-3H3,(H2,12,13,14)/b8-7+. The molecule has 0 aliphatic carbocycles. The molecule has 0 aromatic heterocycles. The van der Waals surface area contributed by atoms with Crippen LogP contribution >= 0.6 is 0 Å². The Balaban J connectivity index is 3.72. The third-order valence-corrected chi connectivity index (χ3v) is 1.70. The Morgan fingerprint density at radius 2 is 1.88 bits per heavy atom. The van der Waals surface area contributed by atoms with Crippen LogP contribution in [0.5, 0.6) is 0 Å². The van der Waals surface area contributed by atoms with Gasteiger partial charge in [0.1, 0.15) is 0 Å². The van der Waals surface area contributed by atoms with E-state index in [9.17, 15) is 4.79 Å². The maximum atomic E-state index is 11.2. The summed E-state index contributed by atoms with van der Waals surface area (Å²) < 4.78 is 10.6. The molecule has 0 saturated heterocycles. The molecule has 0 aliphatic rings. The van der Waals surface area contributed by atoms with Gasteiger partial charge in [-0.1, -0.05) is 13.0 Å². The highest BCUT2D eigenvalue weighted by Gasteiger charge is 2.08. The second-order valence-corrected chi connectivity index (χ2v) is 3.01. The lowest BCUT2D eigenvalue weighted by Crippen LogP contribution is -2.39. The zero-order chi connectivity index (χ0) is 12.2. The zero-order valence-corrected chi connectivity index (χ0v) is 10.3. The fraction of sp³-hybridized carbons (Fsp3) is 0.727. The van der Waals surface area contributed by atoms with Gasteiger partial charge in [0.15, 0.2) is 6.29 Å². The van der Waals surface area contributed by atoms with E-state index in [0.29, 0.717) is 19.8 Å². The van der Waals surface area contributed by atoms with E-state index in [4.69, 9.17) is 9.47 Å². The fourth-order valence-corrected chi connectivity index (χ4v) is 1.02. The Kier molecular flexibility index (Phi) is 9.75. The molecule has 16 heavy (non-hydrogen) atoms. The Hall–Kier alpha value is -1.07. The Morgan fingerprint density at radius 1 is 1.25 bits per heavy atom. The van der Waals surface area contributed by atoms with Gasteiger partial charge in [0.25, 0.3) is 0 Å². The summed E-state index contributed by atoms with van der Waals surface area (Å²) in [5.74, 6) is 0. The van der Waals surface area contributed by atoms with Crippen LogP contribution in [0.15, 0.2) is 12.3 Å². The predicted molar refractivity (Wildman–Crippen MR) is 63.0 cm³/mol. The van der Waals surface area contributed by atoms with Crippen molar-refractivity contribution in [2.75, 3.05) is 19.8 Å². The molecule has 5 heteroatoms. The van der Waals surface area contributed by atoms with Gasteiger partial charge in [-0.15, -0.1) is 0 Å². The number of carbonyl (C=O) groups is 1. The topological polar surface area (TPSA) is 59.6 Å². The summed E-state index contributed by atoms with van der Waals surface area (Å²) in [6.07, 6.45) is 3.99. The summed E-state index contributed by atoms with van der Waals surface area (Å²) >= 11 is 0. The molecule has 0 heterocycles. The minimum Gasteiger partial charge on any atom is -0.351 e. The Morgan fingerprint density at radius 3 is 2.38 bits per heavy atom. The lowest BCUT2D eigenvalue weighted by Gasteiger charge is -2.17. The van der Waals surface area contributed by atoms with Crippen LogP contribution in [0.25, 0.3) is 0 Å². The number of rotatable bonds is 8. The monoisotopic (exact) mass is 230 g/mol. The number of carbonyl (C=O) groups excluding carboxylic acids is 1. The molecular formula is C11H22N2O3. The predicted octanol–water partition coefficient (Wildman–Crippen LogP) is 1.61. The van der Waals surface area contributed by atoms with Crippen LogP contribution in [0.1, 0.15) is 27.2 Å². The molecule has 2 amide bonds. The quantitative estimate of drug-likeness (QED) is 0.623. The molecule has 0 bridgehead atoms. The summed E-state index contributed by atoms with van der Waals surface area (Å²) in [6, 6.07) is -0.255. The molecule has 5 nitrogen and oxygen atoms in total. The number of hydrogen-bond donors (Lipinski definition) is 2. The average molecular weight is 230 g/mol. The van der Waals surface area contributed by atoms with Crippen LogP contribution in [0.4, 0.5) is 4.79 Å². The van der Waals surface area contributed by atoms with E-state index in [1.807, 2.05) is 26.8 Å². The number of amides is 2. The van der Waals surface area contributed by atoms with Gasteiger partial charge in [-0.25, -0.2) is 4.79 Å². The first-order chi connectivity index (χ1) is 7.74. The van der Waals surface area contributed by atoms with Crippen LogP contribution < -0.4 is 10.6 Å². The van der Waals surface area contributed by atoms with Crippen molar-refractivity contribution in [1.82, 2.24) is 10.6 Å². The third-order valence-electron chi connectivity index (χ3n) is 1.70. The Labute approximate surface area is 97.2 Å². The molecule has 94 valence electrons. The normalized spacial score (nSPS) is 11.0. The lowest BCUT2D eigenvalue weighted by molar-refractivity contribution is -0.131.